The predicted octanol–water partition coefficient (Wildman–Crippen LogP) is 3.25. The van der Waals surface area contributed by atoms with E-state index in [0.29, 0.717) is 24.0 Å². The maximum atomic E-state index is 13.0. The second-order valence-electron chi connectivity index (χ2n) is 6.97. The van der Waals surface area contributed by atoms with Crippen LogP contribution in [0.3, 0.4) is 0 Å². The van der Waals surface area contributed by atoms with E-state index in [1.165, 1.54) is 12.1 Å². The molecule has 1 atom stereocenters. The standard InChI is InChI=1S/C20H22FN5O2S/c1-14(19-23-24-20(28-19)17-3-2-12-29-17)26-10-8-25(9-11-26)13-18(27)22-16-6-4-15(21)5-7-16/h2-7,12,14H,8-11,13H2,1H3,(H,22,27)/t14-/m0/s1. The van der Waals surface area contributed by atoms with Gasteiger partial charge in [0.25, 0.3) is 5.89 Å². The van der Waals surface area contributed by atoms with Gasteiger partial charge in [-0.05, 0) is 42.6 Å². The summed E-state index contributed by atoms with van der Waals surface area (Å²) >= 11 is 1.57. The van der Waals surface area contributed by atoms with Crippen molar-refractivity contribution >= 4 is 22.9 Å². The highest BCUT2D eigenvalue weighted by Gasteiger charge is 2.26. The van der Waals surface area contributed by atoms with Gasteiger partial charge in [-0.15, -0.1) is 21.5 Å². The molecule has 1 aliphatic rings. The number of amides is 1. The van der Waals surface area contributed by atoms with Gasteiger partial charge in [-0.25, -0.2) is 4.39 Å². The minimum absolute atomic E-state index is 0.0198. The molecule has 1 saturated heterocycles. The molecule has 0 saturated carbocycles. The average Bonchev–Trinajstić information content (AvgIpc) is 3.41. The number of halogens is 1. The molecule has 0 radical (unpaired) electrons. The molecule has 0 unspecified atom stereocenters. The van der Waals surface area contributed by atoms with Crippen LogP contribution < -0.4 is 5.32 Å². The van der Waals surface area contributed by atoms with Gasteiger partial charge in [0.2, 0.25) is 11.8 Å². The van der Waals surface area contributed by atoms with Crippen LogP contribution in [0.2, 0.25) is 0 Å². The predicted molar refractivity (Wildman–Crippen MR) is 109 cm³/mol. The molecule has 1 aromatic carbocycles. The molecular weight excluding hydrogens is 393 g/mol. The zero-order chi connectivity index (χ0) is 20.2. The Labute approximate surface area is 172 Å². The zero-order valence-corrected chi connectivity index (χ0v) is 16.9. The third kappa shape index (κ3) is 4.87. The summed E-state index contributed by atoms with van der Waals surface area (Å²) < 4.78 is 18.8. The molecule has 0 spiro atoms. The number of benzene rings is 1. The first-order chi connectivity index (χ1) is 14.1. The van der Waals surface area contributed by atoms with Crippen LogP contribution >= 0.6 is 11.3 Å². The molecule has 1 aliphatic heterocycles. The highest BCUT2D eigenvalue weighted by molar-refractivity contribution is 7.13. The van der Waals surface area contributed by atoms with Gasteiger partial charge < -0.3 is 9.73 Å². The SMILES string of the molecule is C[C@@H](c1nnc(-c2cccs2)o1)N1CCN(CC(=O)Nc2ccc(F)cc2)CC1. The molecule has 1 fully saturated rings. The van der Waals surface area contributed by atoms with Gasteiger partial charge >= 0.3 is 0 Å². The second-order valence-corrected chi connectivity index (χ2v) is 7.91. The van der Waals surface area contributed by atoms with Crippen molar-refractivity contribution in [3.05, 3.63) is 53.5 Å². The van der Waals surface area contributed by atoms with Gasteiger partial charge in [0.15, 0.2) is 0 Å². The number of aromatic nitrogens is 2. The van der Waals surface area contributed by atoms with Gasteiger partial charge in [0.1, 0.15) is 5.82 Å². The minimum Gasteiger partial charge on any atom is -0.418 e. The number of hydrogen-bond donors (Lipinski definition) is 1. The molecule has 1 amide bonds. The average molecular weight is 415 g/mol. The van der Waals surface area contributed by atoms with Crippen LogP contribution in [-0.2, 0) is 4.79 Å². The van der Waals surface area contributed by atoms with E-state index in [2.05, 4.69) is 32.2 Å². The van der Waals surface area contributed by atoms with Crippen molar-refractivity contribution in [2.45, 2.75) is 13.0 Å². The number of thiophene rings is 1. The summed E-state index contributed by atoms with van der Waals surface area (Å²) in [7, 11) is 0. The van der Waals surface area contributed by atoms with E-state index in [9.17, 15) is 9.18 Å². The van der Waals surface area contributed by atoms with Crippen LogP contribution in [0.1, 0.15) is 18.9 Å². The maximum absolute atomic E-state index is 13.0. The van der Waals surface area contributed by atoms with Crippen molar-refractivity contribution in [3.8, 4) is 10.8 Å². The number of piperazine rings is 1. The van der Waals surface area contributed by atoms with E-state index in [1.54, 1.807) is 23.5 Å². The van der Waals surface area contributed by atoms with Gasteiger partial charge in [0.05, 0.1) is 17.5 Å². The van der Waals surface area contributed by atoms with E-state index in [4.69, 9.17) is 4.42 Å². The zero-order valence-electron chi connectivity index (χ0n) is 16.0. The molecular formula is C20H22FN5O2S. The van der Waals surface area contributed by atoms with E-state index < -0.39 is 0 Å². The molecule has 2 aromatic heterocycles. The fraction of sp³-hybridized carbons (Fsp3) is 0.350. The second kappa shape index (κ2) is 8.81. The highest BCUT2D eigenvalue weighted by atomic mass is 32.1. The molecule has 29 heavy (non-hydrogen) atoms. The summed E-state index contributed by atoms with van der Waals surface area (Å²) in [4.78, 5) is 17.6. The van der Waals surface area contributed by atoms with Crippen molar-refractivity contribution in [1.82, 2.24) is 20.0 Å². The lowest BCUT2D eigenvalue weighted by molar-refractivity contribution is -0.117. The Bertz CT molecular complexity index is 936. The van der Waals surface area contributed by atoms with Crippen LogP contribution in [0, 0.1) is 5.82 Å². The molecule has 0 bridgehead atoms. The number of nitrogens with one attached hydrogen (secondary N) is 1. The summed E-state index contributed by atoms with van der Waals surface area (Å²) in [6.07, 6.45) is 0. The van der Waals surface area contributed by atoms with Crippen LogP contribution in [0.15, 0.2) is 46.2 Å². The molecule has 152 valence electrons. The molecule has 7 nitrogen and oxygen atoms in total. The number of anilines is 1. The Morgan fingerprint density at radius 1 is 1.21 bits per heavy atom. The molecule has 1 N–H and O–H groups in total. The van der Waals surface area contributed by atoms with Crippen LogP contribution in [0.25, 0.3) is 10.8 Å². The summed E-state index contributed by atoms with van der Waals surface area (Å²) in [6.45, 7) is 5.52. The third-order valence-corrected chi connectivity index (χ3v) is 5.84. The fourth-order valence-corrected chi connectivity index (χ4v) is 3.95. The van der Waals surface area contributed by atoms with Crippen molar-refractivity contribution in [3.63, 3.8) is 0 Å². The lowest BCUT2D eigenvalue weighted by atomic mass is 10.2. The third-order valence-electron chi connectivity index (χ3n) is 4.98. The summed E-state index contributed by atoms with van der Waals surface area (Å²) in [5, 5.41) is 13.1. The minimum atomic E-state index is -0.322. The maximum Gasteiger partial charge on any atom is 0.257 e. The largest absolute Gasteiger partial charge is 0.418 e. The molecule has 3 aromatic rings. The Morgan fingerprint density at radius 2 is 1.97 bits per heavy atom. The Morgan fingerprint density at radius 3 is 2.66 bits per heavy atom. The first kappa shape index (κ1) is 19.7. The monoisotopic (exact) mass is 415 g/mol. The van der Waals surface area contributed by atoms with Crippen molar-refractivity contribution in [1.29, 1.82) is 0 Å². The lowest BCUT2D eigenvalue weighted by Gasteiger charge is -2.36. The molecule has 0 aliphatic carbocycles. The lowest BCUT2D eigenvalue weighted by Crippen LogP contribution is -2.49. The van der Waals surface area contributed by atoms with Crippen molar-refractivity contribution in [2.24, 2.45) is 0 Å². The van der Waals surface area contributed by atoms with Gasteiger partial charge in [-0.2, -0.15) is 0 Å². The molecule has 4 rings (SSSR count). The Balaban J connectivity index is 1.26. The van der Waals surface area contributed by atoms with Crippen LogP contribution in [0.5, 0.6) is 0 Å². The number of rotatable bonds is 6. The van der Waals surface area contributed by atoms with E-state index >= 15 is 0 Å². The van der Waals surface area contributed by atoms with Crippen LogP contribution in [-0.4, -0.2) is 58.6 Å². The quantitative estimate of drug-likeness (QED) is 0.666. The Hall–Kier alpha value is -2.62. The normalized spacial score (nSPS) is 16.6. The molecule has 9 heteroatoms. The highest BCUT2D eigenvalue weighted by Crippen LogP contribution is 2.27. The van der Waals surface area contributed by atoms with E-state index in [0.717, 1.165) is 31.1 Å². The van der Waals surface area contributed by atoms with Crippen molar-refractivity contribution < 1.29 is 13.6 Å². The number of hydrogen-bond acceptors (Lipinski definition) is 7. The molecule has 3 heterocycles. The topological polar surface area (TPSA) is 74.5 Å². The summed E-state index contributed by atoms with van der Waals surface area (Å²) in [5.41, 5.74) is 0.599. The Kier molecular flexibility index (Phi) is 5.98. The van der Waals surface area contributed by atoms with Gasteiger partial charge in [0, 0.05) is 31.9 Å². The summed E-state index contributed by atoms with van der Waals surface area (Å²) in [6, 6.07) is 9.71. The first-order valence-corrected chi connectivity index (χ1v) is 10.4. The number of carbonyl (C=O) groups is 1. The van der Waals surface area contributed by atoms with Gasteiger partial charge in [-0.1, -0.05) is 6.07 Å². The fourth-order valence-electron chi connectivity index (χ4n) is 3.30. The van der Waals surface area contributed by atoms with Crippen molar-refractivity contribution in [2.75, 3.05) is 38.0 Å². The van der Waals surface area contributed by atoms with Crippen LogP contribution in [0.4, 0.5) is 10.1 Å². The van der Waals surface area contributed by atoms with Gasteiger partial charge in [-0.3, -0.25) is 14.6 Å². The summed E-state index contributed by atoms with van der Waals surface area (Å²) in [5.74, 6) is 0.737. The number of nitrogens with zero attached hydrogens (tertiary/aromatic N) is 4. The van der Waals surface area contributed by atoms with E-state index in [-0.39, 0.29) is 17.8 Å². The first-order valence-electron chi connectivity index (χ1n) is 9.47. The smallest absolute Gasteiger partial charge is 0.257 e. The van der Waals surface area contributed by atoms with E-state index in [1.807, 2.05) is 17.5 Å². The number of carbonyl (C=O) groups excluding carboxylic acids is 1.